The molecule has 0 aliphatic carbocycles. The first-order valence-corrected chi connectivity index (χ1v) is 10.6. The van der Waals surface area contributed by atoms with Crippen molar-refractivity contribution in [3.8, 4) is 0 Å². The van der Waals surface area contributed by atoms with E-state index in [1.807, 2.05) is 60.7 Å². The molecule has 0 aromatic heterocycles. The average molecular weight is 408 g/mol. The maximum absolute atomic E-state index is 12.9. The van der Waals surface area contributed by atoms with Crippen LogP contribution in [0, 0.1) is 5.92 Å². The van der Waals surface area contributed by atoms with Gasteiger partial charge in [0, 0.05) is 17.0 Å². The van der Waals surface area contributed by atoms with Gasteiger partial charge in [0.15, 0.2) is 0 Å². The summed E-state index contributed by atoms with van der Waals surface area (Å²) in [5.41, 5.74) is 0.830. The Balaban J connectivity index is 1.40. The van der Waals surface area contributed by atoms with Crippen LogP contribution in [0.3, 0.4) is 0 Å². The molecule has 2 aromatic rings. The topological polar surface area (TPSA) is 61.8 Å². The van der Waals surface area contributed by atoms with Gasteiger partial charge >= 0.3 is 11.9 Å². The molecule has 2 saturated heterocycles. The number of fused-ring (bicyclic) bond motifs is 2. The summed E-state index contributed by atoms with van der Waals surface area (Å²) >= 11 is 1.56. The van der Waals surface area contributed by atoms with Crippen LogP contribution < -0.4 is 0 Å². The Morgan fingerprint density at radius 3 is 2.17 bits per heavy atom. The molecule has 4 rings (SSSR count). The molecule has 5 nitrogen and oxygen atoms in total. The number of carbonyl (C=O) groups is 2. The maximum Gasteiger partial charge on any atom is 0.313 e. The lowest BCUT2D eigenvalue weighted by Gasteiger charge is -2.30. The lowest BCUT2D eigenvalue weighted by Crippen LogP contribution is -2.43. The van der Waals surface area contributed by atoms with Gasteiger partial charge in [0.25, 0.3) is 0 Å². The lowest BCUT2D eigenvalue weighted by atomic mass is 9.83. The van der Waals surface area contributed by atoms with Gasteiger partial charge in [0.1, 0.15) is 32.6 Å². The van der Waals surface area contributed by atoms with Crippen molar-refractivity contribution in [2.45, 2.75) is 36.5 Å². The highest BCUT2D eigenvalue weighted by Gasteiger charge is 2.63. The molecule has 0 N–H and O–H groups in total. The molecule has 2 unspecified atom stereocenters. The lowest BCUT2D eigenvalue weighted by molar-refractivity contribution is -0.160. The van der Waals surface area contributed by atoms with Gasteiger partial charge in [-0.1, -0.05) is 60.7 Å². The van der Waals surface area contributed by atoms with Crippen LogP contribution in [0.5, 0.6) is 0 Å². The summed E-state index contributed by atoms with van der Waals surface area (Å²) in [5, 5.41) is -0.222. The van der Waals surface area contributed by atoms with Crippen LogP contribution in [0.25, 0.3) is 0 Å². The highest BCUT2D eigenvalue weighted by Crippen LogP contribution is 2.53. The third-order valence-corrected chi connectivity index (χ3v) is 6.85. The van der Waals surface area contributed by atoms with E-state index in [0.29, 0.717) is 5.75 Å². The Bertz CT molecular complexity index is 862. The summed E-state index contributed by atoms with van der Waals surface area (Å²) in [6, 6.07) is 18.3. The predicted molar refractivity (Wildman–Crippen MR) is 110 cm³/mol. The number of benzene rings is 2. The van der Waals surface area contributed by atoms with Crippen LogP contribution in [0.2, 0.25) is 0 Å². The monoisotopic (exact) mass is 408 g/mol. The molecule has 2 aliphatic heterocycles. The number of hydrogen-bond donors (Lipinski definition) is 0. The van der Waals surface area contributed by atoms with E-state index in [9.17, 15) is 9.59 Å². The summed E-state index contributed by atoms with van der Waals surface area (Å²) < 4.78 is 16.9. The third-order valence-electron chi connectivity index (χ3n) is 5.27. The van der Waals surface area contributed by atoms with Gasteiger partial charge in [-0.15, -0.1) is 0 Å². The molecule has 0 spiro atoms. The fourth-order valence-corrected chi connectivity index (χ4v) is 5.48. The quantitative estimate of drug-likeness (QED) is 0.519. The molecule has 0 amide bonds. The van der Waals surface area contributed by atoms with Crippen LogP contribution in [0.15, 0.2) is 60.7 Å². The number of hydrogen-bond acceptors (Lipinski definition) is 6. The second kappa shape index (κ2) is 8.63. The van der Waals surface area contributed by atoms with Crippen LogP contribution in [0.1, 0.15) is 17.5 Å². The Kier molecular flexibility index (Phi) is 5.97. The minimum Gasteiger partial charge on any atom is -0.461 e. The van der Waals surface area contributed by atoms with E-state index in [0.717, 1.165) is 11.1 Å². The van der Waals surface area contributed by atoms with Crippen LogP contribution in [-0.2, 0) is 37.0 Å². The van der Waals surface area contributed by atoms with Gasteiger partial charge in [-0.2, -0.15) is 11.8 Å². The van der Waals surface area contributed by atoms with Gasteiger partial charge in [-0.3, -0.25) is 9.59 Å². The minimum absolute atomic E-state index is 0.0257. The Morgan fingerprint density at radius 1 is 1.00 bits per heavy atom. The van der Waals surface area contributed by atoms with E-state index in [4.69, 9.17) is 22.1 Å². The molecule has 29 heavy (non-hydrogen) atoms. The zero-order valence-electron chi connectivity index (χ0n) is 15.9. The number of carbonyl (C=O) groups excluding carboxylic acids is 2. The maximum atomic E-state index is 12.9. The van der Waals surface area contributed by atoms with Gasteiger partial charge in [0.05, 0.1) is 6.42 Å². The van der Waals surface area contributed by atoms with Crippen molar-refractivity contribution >= 4 is 31.5 Å². The Hall–Kier alpha value is -2.25. The molecule has 2 radical (unpaired) electrons. The standard InChI is InChI=1S/C22H21BO5S/c23-20-19-18(21(25)27-13-16-9-5-2-6-10-16)22(28-20,14-29-19)11-17(24)26-12-15-7-3-1-4-8-15/h1-10,18-20H,11-14H2/t18?,19?,20-,22+/m1/s1. The number of thioether (sulfide) groups is 1. The summed E-state index contributed by atoms with van der Waals surface area (Å²) in [6.45, 7) is 0.360. The second-order valence-electron chi connectivity index (χ2n) is 7.32. The Labute approximate surface area is 175 Å². The van der Waals surface area contributed by atoms with E-state index < -0.39 is 23.5 Å². The zero-order chi connectivity index (χ0) is 20.3. The van der Waals surface area contributed by atoms with Crippen molar-refractivity contribution in [3.05, 3.63) is 71.8 Å². The molecule has 2 bridgehead atoms. The van der Waals surface area contributed by atoms with Crippen molar-refractivity contribution < 1.29 is 23.8 Å². The molecular weight excluding hydrogens is 387 g/mol. The summed E-state index contributed by atoms with van der Waals surface area (Å²) in [5.74, 6) is -0.870. The van der Waals surface area contributed by atoms with Crippen LogP contribution in [-0.4, -0.2) is 42.4 Å². The molecule has 4 atom stereocenters. The highest BCUT2D eigenvalue weighted by molar-refractivity contribution is 8.00. The van der Waals surface area contributed by atoms with Gasteiger partial charge in [-0.05, 0) is 11.1 Å². The van der Waals surface area contributed by atoms with Crippen molar-refractivity contribution in [2.75, 3.05) is 5.75 Å². The van der Waals surface area contributed by atoms with Crippen LogP contribution >= 0.6 is 11.8 Å². The second-order valence-corrected chi connectivity index (χ2v) is 8.48. The zero-order valence-corrected chi connectivity index (χ0v) is 16.7. The van der Waals surface area contributed by atoms with Gasteiger partial charge in [0.2, 0.25) is 0 Å². The Morgan fingerprint density at radius 2 is 1.59 bits per heavy atom. The predicted octanol–water partition coefficient (Wildman–Crippen LogP) is 2.86. The molecule has 2 fully saturated rings. The molecule has 0 saturated carbocycles. The summed E-state index contributed by atoms with van der Waals surface area (Å²) in [6.07, 6.45) is -0.0257. The summed E-state index contributed by atoms with van der Waals surface area (Å²) in [4.78, 5) is 25.4. The molecule has 148 valence electrons. The number of rotatable bonds is 7. The number of ether oxygens (including phenoxy) is 3. The largest absolute Gasteiger partial charge is 0.461 e. The smallest absolute Gasteiger partial charge is 0.313 e. The van der Waals surface area contributed by atoms with Gasteiger partial charge < -0.3 is 14.2 Å². The number of esters is 2. The minimum atomic E-state index is -0.976. The first-order chi connectivity index (χ1) is 14.1. The fourth-order valence-electron chi connectivity index (χ4n) is 3.86. The van der Waals surface area contributed by atoms with E-state index in [-0.39, 0.29) is 30.9 Å². The van der Waals surface area contributed by atoms with Crippen molar-refractivity contribution in [3.63, 3.8) is 0 Å². The first-order valence-electron chi connectivity index (χ1n) is 9.52. The molecule has 7 heteroatoms. The third kappa shape index (κ3) is 4.36. The fraction of sp³-hybridized carbons (Fsp3) is 0.364. The van der Waals surface area contributed by atoms with E-state index in [2.05, 4.69) is 0 Å². The van der Waals surface area contributed by atoms with E-state index >= 15 is 0 Å². The summed E-state index contributed by atoms with van der Waals surface area (Å²) in [7, 11) is 6.08. The normalized spacial score (nSPS) is 27.5. The molecule has 2 aromatic carbocycles. The molecule has 2 aliphatic rings. The average Bonchev–Trinajstić information content (AvgIpc) is 3.23. The van der Waals surface area contributed by atoms with Gasteiger partial charge in [-0.25, -0.2) is 0 Å². The highest BCUT2D eigenvalue weighted by atomic mass is 32.2. The molecular formula is C22H21BO5S. The van der Waals surface area contributed by atoms with Crippen molar-refractivity contribution in [2.24, 2.45) is 5.92 Å². The van der Waals surface area contributed by atoms with Crippen molar-refractivity contribution in [1.82, 2.24) is 0 Å². The van der Waals surface area contributed by atoms with Crippen LogP contribution in [0.4, 0.5) is 0 Å². The first kappa shape index (κ1) is 20.0. The van der Waals surface area contributed by atoms with Crippen molar-refractivity contribution in [1.29, 1.82) is 0 Å². The van der Waals surface area contributed by atoms with E-state index in [1.54, 1.807) is 11.8 Å². The SMILES string of the molecule is [B][C@@H]1O[C@@]2(CC(=O)OCc3ccccc3)CSC1C2C(=O)OCc1ccccc1. The van der Waals surface area contributed by atoms with E-state index in [1.165, 1.54) is 0 Å². The molecule has 2 heterocycles.